The number of hydrogen-bond donors (Lipinski definition) is 0. The molecular weight excluding hydrogens is 164 g/mol. The summed E-state index contributed by atoms with van der Waals surface area (Å²) in [4.78, 5) is 10.9. The number of hydrogen-bond acceptors (Lipinski definition) is 2. The molecule has 1 aliphatic rings. The summed E-state index contributed by atoms with van der Waals surface area (Å²) in [5, 5.41) is 0. The van der Waals surface area contributed by atoms with Gasteiger partial charge in [-0.15, -0.1) is 0 Å². The van der Waals surface area contributed by atoms with Crippen LogP contribution in [0.1, 0.15) is 25.3 Å². The summed E-state index contributed by atoms with van der Waals surface area (Å²) in [6.07, 6.45) is 0.887. The van der Waals surface area contributed by atoms with Crippen LogP contribution in [-0.2, 0) is 4.79 Å². The van der Waals surface area contributed by atoms with Crippen LogP contribution in [0, 0.1) is 0 Å². The number of benzene rings is 1. The molecule has 0 amide bonds. The third-order valence-corrected chi connectivity index (χ3v) is 2.81. The second-order valence-electron chi connectivity index (χ2n) is 3.66. The molecule has 2 unspecified atom stereocenters. The van der Waals surface area contributed by atoms with Crippen molar-refractivity contribution in [2.75, 3.05) is 0 Å². The van der Waals surface area contributed by atoms with Crippen LogP contribution in [0.4, 0.5) is 0 Å². The molecule has 2 rings (SSSR count). The molecule has 1 aliphatic heterocycles. The van der Waals surface area contributed by atoms with E-state index >= 15 is 0 Å². The highest BCUT2D eigenvalue weighted by atomic mass is 16.5. The summed E-state index contributed by atoms with van der Waals surface area (Å²) in [6.45, 7) is 3.84. The van der Waals surface area contributed by atoms with Crippen LogP contribution in [0.5, 0.6) is 5.75 Å². The highest BCUT2D eigenvalue weighted by molar-refractivity contribution is 5.68. The fourth-order valence-electron chi connectivity index (χ4n) is 1.69. The van der Waals surface area contributed by atoms with Gasteiger partial charge in [0.2, 0.25) is 0 Å². The molecule has 0 saturated heterocycles. The van der Waals surface area contributed by atoms with Crippen LogP contribution in [-0.4, -0.2) is 11.9 Å². The average molecular weight is 176 g/mol. The first-order chi connectivity index (χ1) is 6.17. The first-order valence-electron chi connectivity index (χ1n) is 4.41. The van der Waals surface area contributed by atoms with Crippen LogP contribution < -0.4 is 4.74 Å². The predicted molar refractivity (Wildman–Crippen MR) is 50.0 cm³/mol. The number of carbonyl (C=O) groups is 1. The molecule has 2 nitrogen and oxygen atoms in total. The zero-order valence-corrected chi connectivity index (χ0v) is 7.78. The van der Waals surface area contributed by atoms with E-state index < -0.39 is 5.60 Å². The van der Waals surface area contributed by atoms with E-state index in [0.29, 0.717) is 0 Å². The number of rotatable bonds is 1. The predicted octanol–water partition coefficient (Wildman–Crippen LogP) is 2.14. The maximum atomic E-state index is 10.9. The van der Waals surface area contributed by atoms with Crippen LogP contribution >= 0.6 is 0 Å². The van der Waals surface area contributed by atoms with E-state index in [2.05, 4.69) is 0 Å². The summed E-state index contributed by atoms with van der Waals surface area (Å²) in [7, 11) is 0. The van der Waals surface area contributed by atoms with Crippen molar-refractivity contribution in [3.63, 3.8) is 0 Å². The van der Waals surface area contributed by atoms with Gasteiger partial charge in [-0.05, 0) is 13.0 Å². The van der Waals surface area contributed by atoms with Gasteiger partial charge in [0.25, 0.3) is 0 Å². The van der Waals surface area contributed by atoms with Gasteiger partial charge in [-0.3, -0.25) is 4.79 Å². The summed E-state index contributed by atoms with van der Waals surface area (Å²) < 4.78 is 5.59. The van der Waals surface area contributed by atoms with E-state index in [1.165, 1.54) is 0 Å². The number of ether oxygens (including phenoxy) is 1. The van der Waals surface area contributed by atoms with E-state index in [1.807, 2.05) is 38.1 Å². The summed E-state index contributed by atoms with van der Waals surface area (Å²) in [5.41, 5.74) is 0.445. The zero-order valence-electron chi connectivity index (χ0n) is 7.78. The molecule has 0 fully saturated rings. The Morgan fingerprint density at radius 3 is 2.77 bits per heavy atom. The molecule has 1 heterocycles. The van der Waals surface area contributed by atoms with E-state index in [9.17, 15) is 4.79 Å². The van der Waals surface area contributed by atoms with Crippen molar-refractivity contribution in [1.29, 1.82) is 0 Å². The van der Waals surface area contributed by atoms with Crippen molar-refractivity contribution < 1.29 is 9.53 Å². The second kappa shape index (κ2) is 2.59. The highest BCUT2D eigenvalue weighted by Crippen LogP contribution is 2.42. The largest absolute Gasteiger partial charge is 0.479 e. The lowest BCUT2D eigenvalue weighted by atomic mass is 9.88. The fraction of sp³-hybridized carbons (Fsp3) is 0.364. The monoisotopic (exact) mass is 176 g/mol. The molecule has 68 valence electrons. The van der Waals surface area contributed by atoms with Crippen molar-refractivity contribution in [2.24, 2.45) is 0 Å². The van der Waals surface area contributed by atoms with Gasteiger partial charge in [-0.1, -0.05) is 25.1 Å². The summed E-state index contributed by atoms with van der Waals surface area (Å²) >= 11 is 0. The maximum Gasteiger partial charge on any atom is 0.168 e. The SMILES string of the molecule is CC1c2ccccc2OC1(C)C=O. The van der Waals surface area contributed by atoms with E-state index in [0.717, 1.165) is 17.6 Å². The van der Waals surface area contributed by atoms with Gasteiger partial charge < -0.3 is 4.74 Å². The van der Waals surface area contributed by atoms with Crippen molar-refractivity contribution >= 4 is 6.29 Å². The first kappa shape index (κ1) is 8.30. The average Bonchev–Trinajstić information content (AvgIpc) is 2.41. The number of fused-ring (bicyclic) bond motifs is 1. The lowest BCUT2D eigenvalue weighted by Crippen LogP contribution is -2.34. The molecule has 1 aromatic rings. The molecule has 2 atom stereocenters. The van der Waals surface area contributed by atoms with Crippen LogP contribution in [0.15, 0.2) is 24.3 Å². The third kappa shape index (κ3) is 1.05. The first-order valence-corrected chi connectivity index (χ1v) is 4.41. The second-order valence-corrected chi connectivity index (χ2v) is 3.66. The molecule has 0 radical (unpaired) electrons. The topological polar surface area (TPSA) is 26.3 Å². The molecule has 0 spiro atoms. The van der Waals surface area contributed by atoms with Gasteiger partial charge >= 0.3 is 0 Å². The minimum atomic E-state index is -0.677. The van der Waals surface area contributed by atoms with Crippen molar-refractivity contribution in [3.05, 3.63) is 29.8 Å². The Labute approximate surface area is 77.5 Å². The highest BCUT2D eigenvalue weighted by Gasteiger charge is 2.41. The minimum absolute atomic E-state index is 0.140. The lowest BCUT2D eigenvalue weighted by Gasteiger charge is -2.21. The smallest absolute Gasteiger partial charge is 0.168 e. The Morgan fingerprint density at radius 2 is 2.15 bits per heavy atom. The Balaban J connectivity index is 2.49. The zero-order chi connectivity index (χ0) is 9.47. The lowest BCUT2D eigenvalue weighted by molar-refractivity contribution is -0.120. The van der Waals surface area contributed by atoms with Crippen LogP contribution in [0.2, 0.25) is 0 Å². The number of aldehydes is 1. The molecule has 1 aromatic carbocycles. The Kier molecular flexibility index (Phi) is 1.65. The molecule has 0 N–H and O–H groups in total. The number of carbonyl (C=O) groups excluding carboxylic acids is 1. The van der Waals surface area contributed by atoms with Crippen LogP contribution in [0.3, 0.4) is 0 Å². The van der Waals surface area contributed by atoms with Gasteiger partial charge in [0, 0.05) is 11.5 Å². The number of para-hydroxylation sites is 1. The van der Waals surface area contributed by atoms with Crippen molar-refractivity contribution in [1.82, 2.24) is 0 Å². The maximum absolute atomic E-state index is 10.9. The van der Waals surface area contributed by atoms with E-state index in [4.69, 9.17) is 4.74 Å². The summed E-state index contributed by atoms with van der Waals surface area (Å²) in [5.74, 6) is 0.978. The standard InChI is InChI=1S/C11H12O2/c1-8-9-5-3-4-6-10(9)13-11(8,2)7-12/h3-8H,1-2H3. The third-order valence-electron chi connectivity index (χ3n) is 2.81. The molecule has 2 heteroatoms. The van der Waals surface area contributed by atoms with Crippen LogP contribution in [0.25, 0.3) is 0 Å². The van der Waals surface area contributed by atoms with Crippen molar-refractivity contribution in [3.8, 4) is 5.75 Å². The Bertz CT molecular complexity index is 346. The Morgan fingerprint density at radius 1 is 1.46 bits per heavy atom. The van der Waals surface area contributed by atoms with Gasteiger partial charge in [-0.25, -0.2) is 0 Å². The van der Waals surface area contributed by atoms with E-state index in [1.54, 1.807) is 0 Å². The quantitative estimate of drug-likeness (QED) is 0.613. The molecular formula is C11H12O2. The molecule has 13 heavy (non-hydrogen) atoms. The molecule has 0 aromatic heterocycles. The van der Waals surface area contributed by atoms with E-state index in [-0.39, 0.29) is 5.92 Å². The minimum Gasteiger partial charge on any atom is -0.479 e. The van der Waals surface area contributed by atoms with Crippen molar-refractivity contribution in [2.45, 2.75) is 25.4 Å². The molecule has 0 aliphatic carbocycles. The van der Waals surface area contributed by atoms with Gasteiger partial charge in [0.15, 0.2) is 11.9 Å². The molecule has 0 saturated carbocycles. The van der Waals surface area contributed by atoms with Gasteiger partial charge in [0.05, 0.1) is 0 Å². The molecule has 0 bridgehead atoms. The Hall–Kier alpha value is -1.31. The van der Waals surface area contributed by atoms with Gasteiger partial charge in [-0.2, -0.15) is 0 Å². The van der Waals surface area contributed by atoms with Gasteiger partial charge in [0.1, 0.15) is 5.75 Å². The fourth-order valence-corrected chi connectivity index (χ4v) is 1.69. The normalized spacial score (nSPS) is 30.8. The summed E-state index contributed by atoms with van der Waals surface area (Å²) in [6, 6.07) is 7.80.